The van der Waals surface area contributed by atoms with Gasteiger partial charge in [-0.3, -0.25) is 0 Å². The molecule has 1 aliphatic rings. The molecule has 2 atom stereocenters. The van der Waals surface area contributed by atoms with Crippen molar-refractivity contribution in [3.05, 3.63) is 0 Å². The summed E-state index contributed by atoms with van der Waals surface area (Å²) >= 11 is 0. The van der Waals surface area contributed by atoms with Crippen LogP contribution in [0.15, 0.2) is 0 Å². The van der Waals surface area contributed by atoms with Gasteiger partial charge >= 0.3 is 0 Å². The Balaban J connectivity index is 2.44. The van der Waals surface area contributed by atoms with Crippen LogP contribution in [0.3, 0.4) is 0 Å². The van der Waals surface area contributed by atoms with Crippen LogP contribution in [0, 0.1) is 0 Å². The Morgan fingerprint density at radius 1 is 1.88 bits per heavy atom. The second-order valence-corrected chi connectivity index (χ2v) is 2.47. The minimum Gasteiger partial charge on any atom is -0.360 e. The zero-order valence-corrected chi connectivity index (χ0v) is 4.86. The fourth-order valence-corrected chi connectivity index (χ4v) is 0.818. The highest BCUT2D eigenvalue weighted by Crippen LogP contribution is 2.24. The fraction of sp³-hybridized carbons (Fsp3) is 1.00. The van der Waals surface area contributed by atoms with E-state index < -0.39 is 5.67 Å². The standard InChI is InChI=1S/C5H10FNO/c1-5(6)2-4(7)8-3-5/h4H,2-3,7H2,1H3/t4?,5-/m1/s1. The van der Waals surface area contributed by atoms with E-state index in [1.165, 1.54) is 6.92 Å². The Hall–Kier alpha value is -0.150. The van der Waals surface area contributed by atoms with E-state index in [9.17, 15) is 4.39 Å². The number of rotatable bonds is 0. The van der Waals surface area contributed by atoms with Crippen molar-refractivity contribution >= 4 is 0 Å². The van der Waals surface area contributed by atoms with Crippen molar-refractivity contribution in [2.75, 3.05) is 6.61 Å². The predicted octanol–water partition coefficient (Wildman–Crippen LogP) is 0.420. The molecule has 0 spiro atoms. The van der Waals surface area contributed by atoms with Crippen LogP contribution in [0.4, 0.5) is 4.39 Å². The second-order valence-electron chi connectivity index (χ2n) is 2.47. The molecule has 1 unspecified atom stereocenters. The van der Waals surface area contributed by atoms with Crippen molar-refractivity contribution in [3.63, 3.8) is 0 Å². The molecule has 0 aromatic carbocycles. The molecule has 48 valence electrons. The molecule has 1 fully saturated rings. The van der Waals surface area contributed by atoms with Crippen LogP contribution in [0.2, 0.25) is 0 Å². The second kappa shape index (κ2) is 1.67. The third-order valence-corrected chi connectivity index (χ3v) is 1.23. The third kappa shape index (κ3) is 1.17. The number of nitrogens with two attached hydrogens (primary N) is 1. The van der Waals surface area contributed by atoms with Gasteiger partial charge in [-0.25, -0.2) is 4.39 Å². The summed E-state index contributed by atoms with van der Waals surface area (Å²) in [6.45, 7) is 1.65. The molecule has 0 aliphatic carbocycles. The SMILES string of the molecule is C[C@]1(F)COC(N)C1. The smallest absolute Gasteiger partial charge is 0.135 e. The maximum atomic E-state index is 12.7. The van der Waals surface area contributed by atoms with Crippen molar-refractivity contribution in [3.8, 4) is 0 Å². The molecule has 1 aliphatic heterocycles. The summed E-state index contributed by atoms with van der Waals surface area (Å²) in [6, 6.07) is 0. The molecule has 0 radical (unpaired) electrons. The van der Waals surface area contributed by atoms with Crippen LogP contribution in [0.25, 0.3) is 0 Å². The van der Waals surface area contributed by atoms with E-state index in [-0.39, 0.29) is 12.8 Å². The van der Waals surface area contributed by atoms with Gasteiger partial charge in [0.2, 0.25) is 0 Å². The minimum atomic E-state index is -1.18. The van der Waals surface area contributed by atoms with Crippen molar-refractivity contribution in [1.82, 2.24) is 0 Å². The van der Waals surface area contributed by atoms with E-state index in [2.05, 4.69) is 0 Å². The Labute approximate surface area is 47.8 Å². The molecule has 2 nitrogen and oxygen atoms in total. The van der Waals surface area contributed by atoms with Crippen molar-refractivity contribution in [2.45, 2.75) is 25.2 Å². The number of ether oxygens (including phenoxy) is 1. The summed E-state index contributed by atoms with van der Waals surface area (Å²) in [4.78, 5) is 0. The van der Waals surface area contributed by atoms with Gasteiger partial charge in [-0.15, -0.1) is 0 Å². The van der Waals surface area contributed by atoms with E-state index in [1.54, 1.807) is 0 Å². The van der Waals surface area contributed by atoms with Gasteiger partial charge in [0, 0.05) is 6.42 Å². The monoisotopic (exact) mass is 119 g/mol. The Bertz CT molecular complexity index is 94.4. The van der Waals surface area contributed by atoms with Crippen molar-refractivity contribution < 1.29 is 9.13 Å². The van der Waals surface area contributed by atoms with Crippen LogP contribution < -0.4 is 5.73 Å². The van der Waals surface area contributed by atoms with Gasteiger partial charge in [-0.1, -0.05) is 0 Å². The molecular formula is C5H10FNO. The van der Waals surface area contributed by atoms with E-state index in [1.807, 2.05) is 0 Å². The summed E-state index contributed by atoms with van der Waals surface area (Å²) < 4.78 is 17.4. The van der Waals surface area contributed by atoms with Gasteiger partial charge in [-0.05, 0) is 6.92 Å². The van der Waals surface area contributed by atoms with E-state index in [4.69, 9.17) is 10.5 Å². The molecule has 1 saturated heterocycles. The lowest BCUT2D eigenvalue weighted by Crippen LogP contribution is -2.21. The number of halogens is 1. The fourth-order valence-electron chi connectivity index (χ4n) is 0.818. The van der Waals surface area contributed by atoms with Gasteiger partial charge in [0.25, 0.3) is 0 Å². The topological polar surface area (TPSA) is 35.2 Å². The lowest BCUT2D eigenvalue weighted by Gasteiger charge is -2.06. The van der Waals surface area contributed by atoms with Gasteiger partial charge in [0.15, 0.2) is 0 Å². The van der Waals surface area contributed by atoms with Crippen LogP contribution in [-0.2, 0) is 4.74 Å². The highest BCUT2D eigenvalue weighted by Gasteiger charge is 2.33. The first kappa shape index (κ1) is 5.98. The first-order chi connectivity index (χ1) is 3.60. The van der Waals surface area contributed by atoms with Crippen LogP contribution in [0.5, 0.6) is 0 Å². The first-order valence-corrected chi connectivity index (χ1v) is 2.66. The molecule has 1 rings (SSSR count). The molecule has 8 heavy (non-hydrogen) atoms. The summed E-state index contributed by atoms with van der Waals surface area (Å²) in [5.74, 6) is 0. The van der Waals surface area contributed by atoms with Gasteiger partial charge in [0.05, 0.1) is 6.61 Å². The highest BCUT2D eigenvalue weighted by atomic mass is 19.1. The first-order valence-electron chi connectivity index (χ1n) is 2.66. The molecule has 0 amide bonds. The number of hydrogen-bond acceptors (Lipinski definition) is 2. The van der Waals surface area contributed by atoms with Crippen molar-refractivity contribution in [2.24, 2.45) is 5.73 Å². The molecule has 0 saturated carbocycles. The van der Waals surface area contributed by atoms with Gasteiger partial charge in [0.1, 0.15) is 11.9 Å². The Morgan fingerprint density at radius 3 is 2.62 bits per heavy atom. The summed E-state index contributed by atoms with van der Waals surface area (Å²) in [6.07, 6.45) is -0.0579. The Morgan fingerprint density at radius 2 is 2.50 bits per heavy atom. The minimum absolute atomic E-state index is 0.147. The summed E-state index contributed by atoms with van der Waals surface area (Å²) in [7, 11) is 0. The maximum Gasteiger partial charge on any atom is 0.135 e. The lowest BCUT2D eigenvalue weighted by molar-refractivity contribution is 0.0894. The zero-order chi connectivity index (χ0) is 6.20. The zero-order valence-electron chi connectivity index (χ0n) is 4.86. The molecular weight excluding hydrogens is 109 g/mol. The third-order valence-electron chi connectivity index (χ3n) is 1.23. The largest absolute Gasteiger partial charge is 0.360 e. The quantitative estimate of drug-likeness (QED) is 0.501. The molecule has 2 N–H and O–H groups in total. The molecule has 3 heteroatoms. The van der Waals surface area contributed by atoms with Crippen molar-refractivity contribution in [1.29, 1.82) is 0 Å². The Kier molecular flexibility index (Phi) is 1.25. The van der Waals surface area contributed by atoms with E-state index in [0.29, 0.717) is 6.42 Å². The predicted molar refractivity (Wildman–Crippen MR) is 28.1 cm³/mol. The average Bonchev–Trinajstić information content (AvgIpc) is 1.82. The number of alkyl halides is 1. The molecule has 0 bridgehead atoms. The van der Waals surface area contributed by atoms with E-state index in [0.717, 1.165) is 0 Å². The van der Waals surface area contributed by atoms with E-state index >= 15 is 0 Å². The maximum absolute atomic E-state index is 12.7. The van der Waals surface area contributed by atoms with Crippen LogP contribution in [-0.4, -0.2) is 18.5 Å². The number of hydrogen-bond donors (Lipinski definition) is 1. The normalized spacial score (nSPS) is 47.6. The summed E-state index contributed by atoms with van der Waals surface area (Å²) in [5.41, 5.74) is 4.07. The molecule has 0 aromatic rings. The molecule has 0 aromatic heterocycles. The lowest BCUT2D eigenvalue weighted by atomic mass is 10.1. The highest BCUT2D eigenvalue weighted by molar-refractivity contribution is 4.81. The van der Waals surface area contributed by atoms with Gasteiger partial charge in [-0.2, -0.15) is 0 Å². The van der Waals surface area contributed by atoms with Crippen LogP contribution >= 0.6 is 0 Å². The van der Waals surface area contributed by atoms with Gasteiger partial charge < -0.3 is 10.5 Å². The summed E-state index contributed by atoms with van der Waals surface area (Å²) in [5, 5.41) is 0. The molecule has 1 heterocycles. The van der Waals surface area contributed by atoms with Crippen LogP contribution in [0.1, 0.15) is 13.3 Å². The average molecular weight is 119 g/mol.